The fourth-order valence-corrected chi connectivity index (χ4v) is 8.31. The topological polar surface area (TPSA) is 38.5 Å². The van der Waals surface area contributed by atoms with Gasteiger partial charge in [0, 0.05) is 36.3 Å². The van der Waals surface area contributed by atoms with Gasteiger partial charge in [-0.3, -0.25) is 4.99 Å². The number of nitrogens with zero attached hydrogens (tertiary/aromatic N) is 2. The SMILES string of the molecule is CCCn1c(CCNc2ccc(Oc3ccc(C)cc3)cc2)csc1=NC12CC3CC(CC(C3)C1)C2. The zero-order valence-electron chi connectivity index (χ0n) is 21.7. The highest BCUT2D eigenvalue weighted by atomic mass is 32.1. The van der Waals surface area contributed by atoms with Crippen molar-refractivity contribution < 1.29 is 4.74 Å². The van der Waals surface area contributed by atoms with E-state index in [4.69, 9.17) is 9.73 Å². The van der Waals surface area contributed by atoms with Crippen molar-refractivity contribution >= 4 is 17.0 Å². The molecule has 4 aliphatic carbocycles. The summed E-state index contributed by atoms with van der Waals surface area (Å²) in [4.78, 5) is 6.82. The number of hydrogen-bond donors (Lipinski definition) is 1. The monoisotopic (exact) mass is 501 g/mol. The fourth-order valence-electron chi connectivity index (χ4n) is 7.24. The quantitative estimate of drug-likeness (QED) is 0.328. The van der Waals surface area contributed by atoms with Crippen molar-refractivity contribution in [2.45, 2.75) is 77.3 Å². The summed E-state index contributed by atoms with van der Waals surface area (Å²) in [6.45, 7) is 6.34. The summed E-state index contributed by atoms with van der Waals surface area (Å²) in [5.41, 5.74) is 4.02. The first-order valence-electron chi connectivity index (χ1n) is 13.9. The summed E-state index contributed by atoms with van der Waals surface area (Å²) in [5, 5.41) is 5.96. The first kappa shape index (κ1) is 23.8. The van der Waals surface area contributed by atoms with E-state index in [9.17, 15) is 0 Å². The second-order valence-corrected chi connectivity index (χ2v) is 12.4. The van der Waals surface area contributed by atoms with Crippen LogP contribution in [0.4, 0.5) is 5.69 Å². The first-order valence-corrected chi connectivity index (χ1v) is 14.8. The van der Waals surface area contributed by atoms with E-state index in [1.54, 1.807) is 0 Å². The maximum atomic E-state index is 5.97. The van der Waals surface area contributed by atoms with Gasteiger partial charge in [0.1, 0.15) is 11.5 Å². The zero-order chi connectivity index (χ0) is 24.5. The molecule has 0 unspecified atom stereocenters. The predicted octanol–water partition coefficient (Wildman–Crippen LogP) is 7.58. The van der Waals surface area contributed by atoms with E-state index in [1.807, 2.05) is 35.6 Å². The van der Waals surface area contributed by atoms with Crippen LogP contribution in [0.2, 0.25) is 0 Å². The number of aromatic nitrogens is 1. The molecule has 4 bridgehead atoms. The van der Waals surface area contributed by atoms with Gasteiger partial charge in [-0.25, -0.2) is 0 Å². The van der Waals surface area contributed by atoms with E-state index in [1.165, 1.54) is 54.6 Å². The van der Waals surface area contributed by atoms with Gasteiger partial charge in [0.15, 0.2) is 4.80 Å². The number of hydrogen-bond acceptors (Lipinski definition) is 4. The van der Waals surface area contributed by atoms with Crippen LogP contribution < -0.4 is 14.9 Å². The molecule has 5 heteroatoms. The van der Waals surface area contributed by atoms with E-state index in [-0.39, 0.29) is 5.54 Å². The minimum absolute atomic E-state index is 0.243. The second kappa shape index (κ2) is 10.1. The maximum absolute atomic E-state index is 5.97. The average Bonchev–Trinajstić information content (AvgIpc) is 3.21. The highest BCUT2D eigenvalue weighted by Crippen LogP contribution is 2.57. The van der Waals surface area contributed by atoms with Crippen LogP contribution in [0.1, 0.15) is 63.1 Å². The van der Waals surface area contributed by atoms with Crippen molar-refractivity contribution in [3.63, 3.8) is 0 Å². The van der Waals surface area contributed by atoms with Crippen molar-refractivity contribution in [3.05, 3.63) is 70.0 Å². The molecule has 1 heterocycles. The molecule has 4 fully saturated rings. The predicted molar refractivity (Wildman–Crippen MR) is 149 cm³/mol. The van der Waals surface area contributed by atoms with Crippen molar-refractivity contribution in [1.82, 2.24) is 4.57 Å². The Morgan fingerprint density at radius 1 is 0.944 bits per heavy atom. The van der Waals surface area contributed by atoms with Crippen LogP contribution in [-0.4, -0.2) is 16.7 Å². The molecule has 0 spiro atoms. The molecule has 0 atom stereocenters. The fraction of sp³-hybridized carbons (Fsp3) is 0.516. The van der Waals surface area contributed by atoms with Gasteiger partial charge in [-0.2, -0.15) is 0 Å². The van der Waals surface area contributed by atoms with Crippen molar-refractivity contribution in [1.29, 1.82) is 0 Å². The van der Waals surface area contributed by atoms with E-state index >= 15 is 0 Å². The molecule has 0 amide bonds. The highest BCUT2D eigenvalue weighted by molar-refractivity contribution is 7.07. The third-order valence-corrected chi connectivity index (χ3v) is 9.40. The van der Waals surface area contributed by atoms with E-state index in [0.717, 1.165) is 60.9 Å². The number of thiazole rings is 1. The number of anilines is 1. The van der Waals surface area contributed by atoms with Gasteiger partial charge >= 0.3 is 0 Å². The summed E-state index contributed by atoms with van der Waals surface area (Å²) in [5.74, 6) is 4.55. The lowest BCUT2D eigenvalue weighted by molar-refractivity contribution is -0.000410. The molecule has 36 heavy (non-hydrogen) atoms. The van der Waals surface area contributed by atoms with Crippen LogP contribution in [0.3, 0.4) is 0 Å². The van der Waals surface area contributed by atoms with Gasteiger partial charge in [-0.05, 0) is 106 Å². The van der Waals surface area contributed by atoms with Gasteiger partial charge in [0.25, 0.3) is 0 Å². The van der Waals surface area contributed by atoms with Crippen LogP contribution >= 0.6 is 11.3 Å². The largest absolute Gasteiger partial charge is 0.457 e. The zero-order valence-corrected chi connectivity index (χ0v) is 22.5. The standard InChI is InChI=1S/C31H39N3OS/c1-3-14-34-27(21-36-30(34)33-31-18-23-15-24(19-31)17-25(16-23)20-31)12-13-32-26-6-10-29(11-7-26)35-28-8-4-22(2)5-9-28/h4-11,21,23-25,32H,3,12-20H2,1-2H3. The minimum atomic E-state index is 0.243. The normalized spacial score (nSPS) is 26.9. The lowest BCUT2D eigenvalue weighted by Crippen LogP contribution is -2.50. The summed E-state index contributed by atoms with van der Waals surface area (Å²) >= 11 is 1.87. The Balaban J connectivity index is 1.10. The van der Waals surface area contributed by atoms with Gasteiger partial charge in [0.2, 0.25) is 0 Å². The summed E-state index contributed by atoms with van der Waals surface area (Å²) in [7, 11) is 0. The van der Waals surface area contributed by atoms with Gasteiger partial charge in [-0.15, -0.1) is 11.3 Å². The second-order valence-electron chi connectivity index (χ2n) is 11.5. The van der Waals surface area contributed by atoms with Crippen LogP contribution in [0.5, 0.6) is 11.5 Å². The Kier molecular flexibility index (Phi) is 6.68. The summed E-state index contributed by atoms with van der Waals surface area (Å²) < 4.78 is 8.48. The Morgan fingerprint density at radius 2 is 1.56 bits per heavy atom. The molecule has 4 nitrogen and oxygen atoms in total. The van der Waals surface area contributed by atoms with Crippen LogP contribution in [0.15, 0.2) is 58.9 Å². The molecule has 0 radical (unpaired) electrons. The number of aryl methyl sites for hydroxylation is 1. The third kappa shape index (κ3) is 5.13. The molecule has 7 rings (SSSR count). The van der Waals surface area contributed by atoms with Crippen molar-refractivity contribution in [3.8, 4) is 11.5 Å². The van der Waals surface area contributed by atoms with Gasteiger partial charge in [0.05, 0.1) is 5.54 Å². The molecule has 3 aromatic rings. The summed E-state index contributed by atoms with van der Waals surface area (Å²) in [6, 6.07) is 16.4. The molecule has 2 aromatic carbocycles. The van der Waals surface area contributed by atoms with Crippen LogP contribution in [-0.2, 0) is 13.0 Å². The number of benzene rings is 2. The molecular weight excluding hydrogens is 462 g/mol. The van der Waals surface area contributed by atoms with Gasteiger partial charge < -0.3 is 14.6 Å². The number of ether oxygens (including phenoxy) is 1. The molecular formula is C31H39N3OS. The third-order valence-electron chi connectivity index (χ3n) is 8.49. The molecule has 0 saturated heterocycles. The smallest absolute Gasteiger partial charge is 0.185 e. The first-order chi connectivity index (χ1) is 17.6. The van der Waals surface area contributed by atoms with Crippen LogP contribution in [0, 0.1) is 24.7 Å². The molecule has 4 saturated carbocycles. The molecule has 4 aliphatic rings. The van der Waals surface area contributed by atoms with Crippen LogP contribution in [0.25, 0.3) is 0 Å². The van der Waals surface area contributed by atoms with Crippen molar-refractivity contribution in [2.24, 2.45) is 22.7 Å². The molecule has 1 N–H and O–H groups in total. The lowest BCUT2D eigenvalue weighted by atomic mass is 9.53. The van der Waals surface area contributed by atoms with Crippen molar-refractivity contribution in [2.75, 3.05) is 11.9 Å². The van der Waals surface area contributed by atoms with E-state index < -0.39 is 0 Å². The lowest BCUT2D eigenvalue weighted by Gasteiger charge is -2.54. The number of rotatable bonds is 9. The van der Waals surface area contributed by atoms with E-state index in [2.05, 4.69) is 53.4 Å². The molecule has 190 valence electrons. The Hall–Kier alpha value is -2.53. The average molecular weight is 502 g/mol. The molecule has 0 aliphatic heterocycles. The van der Waals surface area contributed by atoms with Gasteiger partial charge in [-0.1, -0.05) is 24.6 Å². The summed E-state index contributed by atoms with van der Waals surface area (Å²) in [6.07, 6.45) is 10.6. The molecule has 1 aromatic heterocycles. The maximum Gasteiger partial charge on any atom is 0.185 e. The Morgan fingerprint density at radius 3 is 2.17 bits per heavy atom. The number of nitrogens with one attached hydrogen (secondary N) is 1. The Labute approximate surface area is 219 Å². The van der Waals surface area contributed by atoms with E-state index in [0.29, 0.717) is 0 Å². The minimum Gasteiger partial charge on any atom is -0.457 e. The highest BCUT2D eigenvalue weighted by Gasteiger charge is 2.51. The Bertz CT molecular complexity index is 1200.